The van der Waals surface area contributed by atoms with E-state index >= 15 is 0 Å². The molecule has 0 aliphatic carbocycles. The van der Waals surface area contributed by atoms with E-state index in [-0.39, 0.29) is 43.2 Å². The number of halogens is 3. The van der Waals surface area contributed by atoms with Crippen LogP contribution in [-0.4, -0.2) is 18.1 Å². The Morgan fingerprint density at radius 2 is 2.00 bits per heavy atom. The third-order valence-electron chi connectivity index (χ3n) is 1.08. The van der Waals surface area contributed by atoms with Gasteiger partial charge in [-0.3, -0.25) is 4.98 Å². The summed E-state index contributed by atoms with van der Waals surface area (Å²) in [7, 11) is 1.34. The minimum atomic E-state index is -0.354. The van der Waals surface area contributed by atoms with Crippen LogP contribution in [-0.2, 0) is 4.74 Å². The summed E-state index contributed by atoms with van der Waals surface area (Å²) in [6, 6.07) is 3.34. The number of nitrogens with zero attached hydrogens (tertiary/aromatic N) is 1. The molecule has 1 aromatic heterocycles. The molecule has 1 aromatic rings. The van der Waals surface area contributed by atoms with Gasteiger partial charge in [-0.15, -0.1) is 37.2 Å². The van der Waals surface area contributed by atoms with Crippen LogP contribution in [0.2, 0.25) is 0 Å². The minimum absolute atomic E-state index is 0. The van der Waals surface area contributed by atoms with Gasteiger partial charge in [-0.05, 0) is 12.1 Å². The van der Waals surface area contributed by atoms with Crippen LogP contribution in [0, 0.1) is 0 Å². The van der Waals surface area contributed by atoms with Crippen molar-refractivity contribution in [2.45, 2.75) is 0 Å². The largest absolute Gasteiger partial charge is 0.465 e. The molecular formula is C7H10Cl3NO2. The van der Waals surface area contributed by atoms with Crippen LogP contribution in [0.25, 0.3) is 0 Å². The van der Waals surface area contributed by atoms with Crippen molar-refractivity contribution in [3.63, 3.8) is 0 Å². The minimum Gasteiger partial charge on any atom is -0.465 e. The molecule has 0 unspecified atom stereocenters. The zero-order valence-corrected chi connectivity index (χ0v) is 9.25. The van der Waals surface area contributed by atoms with Crippen molar-refractivity contribution in [1.82, 2.24) is 4.98 Å². The maximum Gasteiger partial charge on any atom is 0.339 e. The quantitative estimate of drug-likeness (QED) is 0.713. The normalized spacial score (nSPS) is 6.85. The second-order valence-corrected chi connectivity index (χ2v) is 1.73. The molecule has 0 aromatic carbocycles. The van der Waals surface area contributed by atoms with Crippen LogP contribution in [0.1, 0.15) is 10.4 Å². The van der Waals surface area contributed by atoms with E-state index in [1.54, 1.807) is 18.3 Å². The van der Waals surface area contributed by atoms with Crippen molar-refractivity contribution in [2.75, 3.05) is 7.11 Å². The Balaban J connectivity index is -0.000000333. The summed E-state index contributed by atoms with van der Waals surface area (Å²) in [6.07, 6.45) is 3.07. The maximum absolute atomic E-state index is 10.8. The Morgan fingerprint density at radius 3 is 2.38 bits per heavy atom. The van der Waals surface area contributed by atoms with E-state index in [0.717, 1.165) is 0 Å². The zero-order chi connectivity index (χ0) is 7.40. The van der Waals surface area contributed by atoms with Crippen molar-refractivity contribution in [3.05, 3.63) is 30.1 Å². The van der Waals surface area contributed by atoms with Crippen molar-refractivity contribution in [1.29, 1.82) is 0 Å². The third kappa shape index (κ3) is 5.69. The molecule has 1 rings (SSSR count). The van der Waals surface area contributed by atoms with Crippen LogP contribution >= 0.6 is 37.2 Å². The second-order valence-electron chi connectivity index (χ2n) is 1.73. The molecule has 0 atom stereocenters. The summed E-state index contributed by atoms with van der Waals surface area (Å²) < 4.78 is 4.46. The summed E-state index contributed by atoms with van der Waals surface area (Å²) in [4.78, 5) is 14.5. The topological polar surface area (TPSA) is 39.2 Å². The number of hydrogen-bond acceptors (Lipinski definition) is 3. The van der Waals surface area contributed by atoms with E-state index in [4.69, 9.17) is 0 Å². The van der Waals surface area contributed by atoms with Crippen LogP contribution < -0.4 is 0 Å². The number of esters is 1. The van der Waals surface area contributed by atoms with Crippen LogP contribution in [0.5, 0.6) is 0 Å². The fraction of sp³-hybridized carbons (Fsp3) is 0.143. The fourth-order valence-electron chi connectivity index (χ4n) is 0.601. The van der Waals surface area contributed by atoms with Gasteiger partial charge in [-0.1, -0.05) is 0 Å². The van der Waals surface area contributed by atoms with E-state index in [1.807, 2.05) is 0 Å². The van der Waals surface area contributed by atoms with Gasteiger partial charge in [0.1, 0.15) is 0 Å². The molecule has 0 radical (unpaired) electrons. The Hall–Kier alpha value is -0.510. The van der Waals surface area contributed by atoms with Crippen LogP contribution in [0.4, 0.5) is 0 Å². The Morgan fingerprint density at radius 1 is 1.38 bits per heavy atom. The molecule has 0 bridgehead atoms. The average Bonchev–Trinajstić information content (AvgIpc) is 2.05. The Kier molecular flexibility index (Phi) is 13.5. The predicted octanol–water partition coefficient (Wildman–Crippen LogP) is 2.13. The lowest BCUT2D eigenvalue weighted by Gasteiger charge is -1.94. The monoisotopic (exact) mass is 245 g/mol. The van der Waals surface area contributed by atoms with E-state index < -0.39 is 0 Å². The van der Waals surface area contributed by atoms with Crippen LogP contribution in [0.3, 0.4) is 0 Å². The summed E-state index contributed by atoms with van der Waals surface area (Å²) in [6.45, 7) is 0. The van der Waals surface area contributed by atoms with Crippen molar-refractivity contribution < 1.29 is 9.53 Å². The zero-order valence-electron chi connectivity index (χ0n) is 6.80. The van der Waals surface area contributed by atoms with Gasteiger partial charge in [-0.2, -0.15) is 0 Å². The lowest BCUT2D eigenvalue weighted by atomic mass is 10.3. The second kappa shape index (κ2) is 9.58. The van der Waals surface area contributed by atoms with E-state index in [9.17, 15) is 4.79 Å². The molecule has 0 fully saturated rings. The number of carbonyl (C=O) groups is 1. The molecular weight excluding hydrogens is 236 g/mol. The van der Waals surface area contributed by atoms with Gasteiger partial charge in [0.05, 0.1) is 12.7 Å². The fourth-order valence-corrected chi connectivity index (χ4v) is 0.601. The molecule has 0 aliphatic heterocycles. The molecule has 13 heavy (non-hydrogen) atoms. The highest BCUT2D eigenvalue weighted by molar-refractivity contribution is 5.88. The molecule has 3 nitrogen and oxygen atoms in total. The highest BCUT2D eigenvalue weighted by Gasteiger charge is 2.01. The van der Waals surface area contributed by atoms with Gasteiger partial charge < -0.3 is 4.74 Å². The first-order valence-corrected chi connectivity index (χ1v) is 2.83. The number of aromatic nitrogens is 1. The number of ether oxygens (including phenoxy) is 1. The average molecular weight is 247 g/mol. The van der Waals surface area contributed by atoms with Gasteiger partial charge in [0.2, 0.25) is 0 Å². The Labute approximate surface area is 95.1 Å². The lowest BCUT2D eigenvalue weighted by molar-refractivity contribution is 0.0600. The van der Waals surface area contributed by atoms with Gasteiger partial charge >= 0.3 is 5.97 Å². The molecule has 1 heterocycles. The van der Waals surface area contributed by atoms with E-state index in [0.29, 0.717) is 5.56 Å². The first-order valence-electron chi connectivity index (χ1n) is 2.83. The molecule has 0 saturated carbocycles. The highest BCUT2D eigenvalue weighted by atomic mass is 35.5. The van der Waals surface area contributed by atoms with Crippen molar-refractivity contribution in [3.8, 4) is 0 Å². The van der Waals surface area contributed by atoms with Gasteiger partial charge in [0.15, 0.2) is 0 Å². The lowest BCUT2D eigenvalue weighted by Crippen LogP contribution is -2.00. The van der Waals surface area contributed by atoms with E-state index in [2.05, 4.69) is 9.72 Å². The number of methoxy groups -OCH3 is 1. The highest BCUT2D eigenvalue weighted by Crippen LogP contribution is 1.96. The molecule has 0 aliphatic rings. The van der Waals surface area contributed by atoms with Crippen molar-refractivity contribution in [2.24, 2.45) is 0 Å². The molecule has 0 N–H and O–H groups in total. The molecule has 76 valence electrons. The van der Waals surface area contributed by atoms with E-state index in [1.165, 1.54) is 13.3 Å². The summed E-state index contributed by atoms with van der Waals surface area (Å²) in [5.41, 5.74) is 0.477. The number of carbonyl (C=O) groups excluding carboxylic acids is 1. The van der Waals surface area contributed by atoms with Gasteiger partial charge in [0, 0.05) is 12.4 Å². The molecule has 6 heteroatoms. The number of rotatable bonds is 1. The standard InChI is InChI=1S/C7H7NO2.3ClH/c1-10-7(9)6-3-2-4-8-5-6;;;/h2-5H,1H3;3*1H. The Bertz CT molecular complexity index is 230. The third-order valence-corrected chi connectivity index (χ3v) is 1.08. The maximum atomic E-state index is 10.8. The number of pyridine rings is 1. The summed E-state index contributed by atoms with van der Waals surface area (Å²) in [5.74, 6) is -0.354. The van der Waals surface area contributed by atoms with Gasteiger partial charge in [0.25, 0.3) is 0 Å². The number of hydrogen-bond donors (Lipinski definition) is 0. The van der Waals surface area contributed by atoms with Gasteiger partial charge in [-0.25, -0.2) is 4.79 Å². The van der Waals surface area contributed by atoms with Crippen LogP contribution in [0.15, 0.2) is 24.5 Å². The molecule has 0 spiro atoms. The molecule has 0 saturated heterocycles. The summed E-state index contributed by atoms with van der Waals surface area (Å²) >= 11 is 0. The first-order chi connectivity index (χ1) is 4.84. The van der Waals surface area contributed by atoms with Crippen molar-refractivity contribution >= 4 is 43.2 Å². The first kappa shape index (κ1) is 18.3. The smallest absolute Gasteiger partial charge is 0.339 e. The SMILES string of the molecule is COC(=O)c1cccnc1.Cl.Cl.Cl. The summed E-state index contributed by atoms with van der Waals surface area (Å²) in [5, 5.41) is 0. The molecule has 0 amide bonds. The predicted molar refractivity (Wildman–Crippen MR) is 57.3 cm³/mol.